The zero-order chi connectivity index (χ0) is 22.7. The maximum absolute atomic E-state index is 12.8. The van der Waals surface area contributed by atoms with E-state index in [-0.39, 0.29) is 11.5 Å². The van der Waals surface area contributed by atoms with E-state index in [1.54, 1.807) is 36.4 Å². The molecule has 1 N–H and O–H groups in total. The molecule has 0 atom stereocenters. The highest BCUT2D eigenvalue weighted by Crippen LogP contribution is 2.25. The molecule has 8 heteroatoms. The Kier molecular flexibility index (Phi) is 10.6. The van der Waals surface area contributed by atoms with Crippen LogP contribution in [0.5, 0.6) is 5.75 Å². The van der Waals surface area contributed by atoms with Crippen LogP contribution in [0.3, 0.4) is 0 Å². The lowest BCUT2D eigenvalue weighted by Gasteiger charge is -2.20. The fourth-order valence-electron chi connectivity index (χ4n) is 3.21. The van der Waals surface area contributed by atoms with E-state index in [1.807, 2.05) is 0 Å². The molecular formula is C23H33ClN2O4S. The van der Waals surface area contributed by atoms with Gasteiger partial charge >= 0.3 is 0 Å². The second kappa shape index (κ2) is 12.9. The number of benzene rings is 2. The zero-order valence-corrected chi connectivity index (χ0v) is 19.9. The quantitative estimate of drug-likeness (QED) is 0.415. The van der Waals surface area contributed by atoms with Gasteiger partial charge < -0.3 is 14.7 Å². The second-order valence-electron chi connectivity index (χ2n) is 7.34. The van der Waals surface area contributed by atoms with E-state index in [9.17, 15) is 8.42 Å². The Hall–Kier alpha value is -1.80. The van der Waals surface area contributed by atoms with Crippen LogP contribution in [0.4, 0.5) is 5.69 Å². The smallest absolute Gasteiger partial charge is 0.264 e. The van der Waals surface area contributed by atoms with Crippen LogP contribution in [-0.4, -0.2) is 58.3 Å². The van der Waals surface area contributed by atoms with E-state index in [0.29, 0.717) is 17.3 Å². The van der Waals surface area contributed by atoms with E-state index in [1.165, 1.54) is 23.5 Å². The van der Waals surface area contributed by atoms with Crippen LogP contribution in [0.15, 0.2) is 53.4 Å². The van der Waals surface area contributed by atoms with E-state index in [2.05, 4.69) is 11.8 Å². The van der Waals surface area contributed by atoms with Gasteiger partial charge in [-0.05, 0) is 74.5 Å². The van der Waals surface area contributed by atoms with Crippen molar-refractivity contribution in [3.8, 4) is 5.75 Å². The van der Waals surface area contributed by atoms with Gasteiger partial charge in [0, 0.05) is 18.6 Å². The van der Waals surface area contributed by atoms with Gasteiger partial charge in [0.15, 0.2) is 0 Å². The fourth-order valence-corrected chi connectivity index (χ4v) is 4.53. The molecule has 0 spiro atoms. The summed E-state index contributed by atoms with van der Waals surface area (Å²) in [5, 5.41) is 9.50. The van der Waals surface area contributed by atoms with Crippen LogP contribution < -0.4 is 9.04 Å². The van der Waals surface area contributed by atoms with Gasteiger partial charge in [-0.25, -0.2) is 8.42 Å². The number of rotatable bonds is 14. The molecule has 0 bridgehead atoms. The highest BCUT2D eigenvalue weighted by Gasteiger charge is 2.21. The van der Waals surface area contributed by atoms with Crippen LogP contribution in [-0.2, 0) is 10.0 Å². The Morgan fingerprint density at radius 1 is 0.935 bits per heavy atom. The minimum Gasteiger partial charge on any atom is -0.494 e. The number of sulfonamides is 1. The lowest BCUT2D eigenvalue weighted by molar-refractivity contribution is 0.199. The molecule has 0 saturated heterocycles. The van der Waals surface area contributed by atoms with E-state index in [4.69, 9.17) is 21.4 Å². The van der Waals surface area contributed by atoms with Crippen molar-refractivity contribution in [2.45, 2.75) is 37.5 Å². The van der Waals surface area contributed by atoms with Gasteiger partial charge in [0.1, 0.15) is 5.75 Å². The Balaban J connectivity index is 1.76. The van der Waals surface area contributed by atoms with Gasteiger partial charge in [-0.15, -0.1) is 0 Å². The minimum atomic E-state index is -3.65. The standard InChI is InChI=1S/C23H33ClN2O4S/c1-3-26(17-18-27)16-6-4-5-7-19-30-22-12-10-21(11-13-22)25(2)31(28,29)23-14-8-20(24)9-15-23/h8-15,27H,3-7,16-19H2,1-2H3. The highest BCUT2D eigenvalue weighted by atomic mass is 35.5. The number of nitrogens with zero attached hydrogens (tertiary/aromatic N) is 2. The zero-order valence-electron chi connectivity index (χ0n) is 18.3. The van der Waals surface area contributed by atoms with E-state index < -0.39 is 10.0 Å². The molecular weight excluding hydrogens is 436 g/mol. The summed E-state index contributed by atoms with van der Waals surface area (Å²) < 4.78 is 32.6. The number of likely N-dealkylation sites (N-methyl/N-ethyl adjacent to an activating group) is 1. The van der Waals surface area contributed by atoms with Gasteiger partial charge in [-0.2, -0.15) is 0 Å². The second-order valence-corrected chi connectivity index (χ2v) is 9.75. The normalized spacial score (nSPS) is 11.6. The average Bonchev–Trinajstić information content (AvgIpc) is 2.78. The first kappa shape index (κ1) is 25.5. The van der Waals surface area contributed by atoms with Gasteiger partial charge in [-0.1, -0.05) is 31.4 Å². The summed E-state index contributed by atoms with van der Waals surface area (Å²) in [5.74, 6) is 0.723. The van der Waals surface area contributed by atoms with Crippen molar-refractivity contribution < 1.29 is 18.3 Å². The first-order valence-corrected chi connectivity index (χ1v) is 12.5. The van der Waals surface area contributed by atoms with Crippen LogP contribution in [0.2, 0.25) is 5.02 Å². The third-order valence-corrected chi connectivity index (χ3v) is 7.22. The average molecular weight is 469 g/mol. The molecule has 2 rings (SSSR count). The first-order chi connectivity index (χ1) is 14.9. The van der Waals surface area contributed by atoms with Crippen LogP contribution >= 0.6 is 11.6 Å². The predicted octanol–water partition coefficient (Wildman–Crippen LogP) is 4.42. The van der Waals surface area contributed by atoms with Gasteiger partial charge in [0.25, 0.3) is 10.0 Å². The van der Waals surface area contributed by atoms with E-state index >= 15 is 0 Å². The molecule has 0 radical (unpaired) electrons. The lowest BCUT2D eigenvalue weighted by atomic mass is 10.2. The molecule has 0 aliphatic rings. The summed E-state index contributed by atoms with van der Waals surface area (Å²) in [5.41, 5.74) is 0.561. The number of hydrogen-bond acceptors (Lipinski definition) is 5. The summed E-state index contributed by atoms with van der Waals surface area (Å²) in [6.07, 6.45) is 4.32. The van der Waals surface area contributed by atoms with Crippen molar-refractivity contribution in [2.24, 2.45) is 0 Å². The maximum atomic E-state index is 12.8. The number of hydrogen-bond donors (Lipinski definition) is 1. The lowest BCUT2D eigenvalue weighted by Crippen LogP contribution is -2.27. The van der Waals surface area contributed by atoms with E-state index in [0.717, 1.165) is 51.1 Å². The molecule has 0 unspecified atom stereocenters. The third kappa shape index (κ3) is 8.00. The Morgan fingerprint density at radius 2 is 1.58 bits per heavy atom. The largest absolute Gasteiger partial charge is 0.494 e. The molecule has 0 heterocycles. The number of aliphatic hydroxyl groups is 1. The SMILES string of the molecule is CCN(CCO)CCCCCCOc1ccc(N(C)S(=O)(=O)c2ccc(Cl)cc2)cc1. The fraction of sp³-hybridized carbons (Fsp3) is 0.478. The highest BCUT2D eigenvalue weighted by molar-refractivity contribution is 7.92. The number of unbranched alkanes of at least 4 members (excludes halogenated alkanes) is 3. The molecule has 0 saturated carbocycles. The third-order valence-electron chi connectivity index (χ3n) is 5.17. The number of anilines is 1. The number of ether oxygens (including phenoxy) is 1. The summed E-state index contributed by atoms with van der Waals surface area (Å²) in [6.45, 7) is 5.68. The summed E-state index contributed by atoms with van der Waals surface area (Å²) in [6, 6.07) is 13.2. The predicted molar refractivity (Wildman–Crippen MR) is 127 cm³/mol. The van der Waals surface area contributed by atoms with Crippen molar-refractivity contribution in [2.75, 3.05) is 44.2 Å². The Morgan fingerprint density at radius 3 is 2.19 bits per heavy atom. The molecule has 2 aromatic rings. The summed E-state index contributed by atoms with van der Waals surface area (Å²) in [7, 11) is -2.12. The van der Waals surface area contributed by atoms with Crippen LogP contribution in [0.25, 0.3) is 0 Å². The molecule has 2 aromatic carbocycles. The number of halogens is 1. The van der Waals surface area contributed by atoms with Gasteiger partial charge in [0.05, 0.1) is 23.8 Å². The van der Waals surface area contributed by atoms with Crippen molar-refractivity contribution >= 4 is 27.3 Å². The first-order valence-electron chi connectivity index (χ1n) is 10.7. The molecule has 0 amide bonds. The van der Waals surface area contributed by atoms with Crippen molar-refractivity contribution in [1.82, 2.24) is 4.90 Å². The Bertz CT molecular complexity index is 873. The topological polar surface area (TPSA) is 70.1 Å². The van der Waals surface area contributed by atoms with Crippen LogP contribution in [0.1, 0.15) is 32.6 Å². The monoisotopic (exact) mass is 468 g/mol. The Labute approximate surface area is 191 Å². The number of aliphatic hydroxyl groups excluding tert-OH is 1. The minimum absolute atomic E-state index is 0.193. The molecule has 172 valence electrons. The maximum Gasteiger partial charge on any atom is 0.264 e. The van der Waals surface area contributed by atoms with Crippen LogP contribution in [0, 0.1) is 0 Å². The summed E-state index contributed by atoms with van der Waals surface area (Å²) in [4.78, 5) is 2.44. The summed E-state index contributed by atoms with van der Waals surface area (Å²) >= 11 is 5.85. The van der Waals surface area contributed by atoms with Crippen molar-refractivity contribution in [1.29, 1.82) is 0 Å². The molecule has 0 fully saturated rings. The molecule has 31 heavy (non-hydrogen) atoms. The van der Waals surface area contributed by atoms with Crippen molar-refractivity contribution in [3.05, 3.63) is 53.6 Å². The van der Waals surface area contributed by atoms with Gasteiger partial charge in [-0.3, -0.25) is 4.31 Å². The van der Waals surface area contributed by atoms with Gasteiger partial charge in [0.2, 0.25) is 0 Å². The molecule has 0 aromatic heterocycles. The molecule has 0 aliphatic carbocycles. The molecule has 6 nitrogen and oxygen atoms in total. The van der Waals surface area contributed by atoms with Crippen molar-refractivity contribution in [3.63, 3.8) is 0 Å². The molecule has 0 aliphatic heterocycles.